The van der Waals surface area contributed by atoms with E-state index < -0.39 is 0 Å². The zero-order valence-corrected chi connectivity index (χ0v) is 8.57. The van der Waals surface area contributed by atoms with E-state index in [2.05, 4.69) is 18.7 Å². The molecule has 0 bridgehead atoms. The van der Waals surface area contributed by atoms with Gasteiger partial charge in [0, 0.05) is 10.8 Å². The molecule has 0 aliphatic carbocycles. The Bertz CT molecular complexity index is 292. The first-order valence-corrected chi connectivity index (χ1v) is 4.78. The Morgan fingerprint density at radius 1 is 1.50 bits per heavy atom. The van der Waals surface area contributed by atoms with Gasteiger partial charge in [-0.1, -0.05) is 35.9 Å². The molecule has 0 N–H and O–H groups in total. The molecule has 0 nitrogen and oxygen atoms in total. The number of halogens is 1. The van der Waals surface area contributed by atoms with E-state index in [0.717, 1.165) is 16.3 Å². The summed E-state index contributed by atoms with van der Waals surface area (Å²) in [5, 5.41) is 0.818. The highest BCUT2D eigenvalue weighted by Crippen LogP contribution is 2.16. The van der Waals surface area contributed by atoms with Crippen molar-refractivity contribution < 1.29 is 0 Å². The first kappa shape index (κ1) is 9.69. The summed E-state index contributed by atoms with van der Waals surface area (Å²) in [4.78, 5) is 0. The summed E-state index contributed by atoms with van der Waals surface area (Å²) in [7, 11) is 0. The van der Waals surface area contributed by atoms with Gasteiger partial charge in [0.25, 0.3) is 0 Å². The van der Waals surface area contributed by atoms with Crippen LogP contribution in [0.4, 0.5) is 0 Å². The van der Waals surface area contributed by atoms with Crippen molar-refractivity contribution in [3.05, 3.63) is 40.4 Å². The average molecular weight is 199 g/mol. The quantitative estimate of drug-likeness (QED) is 0.690. The van der Waals surface area contributed by atoms with Gasteiger partial charge < -0.3 is 0 Å². The number of rotatable bonds is 2. The minimum atomic E-state index is 0.766. The topological polar surface area (TPSA) is 0 Å². The molecule has 64 valence electrons. The van der Waals surface area contributed by atoms with Crippen molar-refractivity contribution in [2.24, 2.45) is 0 Å². The van der Waals surface area contributed by atoms with Gasteiger partial charge in [0.15, 0.2) is 0 Å². The molecule has 0 atom stereocenters. The second kappa shape index (κ2) is 4.58. The Morgan fingerprint density at radius 2 is 2.25 bits per heavy atom. The zero-order valence-electron chi connectivity index (χ0n) is 6.92. The van der Waals surface area contributed by atoms with Gasteiger partial charge >= 0.3 is 0 Å². The molecule has 0 radical (unpaired) electrons. The number of hydrogen-bond acceptors (Lipinski definition) is 1. The molecule has 0 aliphatic rings. The van der Waals surface area contributed by atoms with Gasteiger partial charge in [-0.3, -0.25) is 0 Å². The highest BCUT2D eigenvalue weighted by Gasteiger charge is 1.93. The fourth-order valence-corrected chi connectivity index (χ4v) is 1.18. The molecule has 2 heteroatoms. The Morgan fingerprint density at radius 3 is 2.83 bits per heavy atom. The molecular formula is C10H11ClS. The van der Waals surface area contributed by atoms with Crippen LogP contribution in [0.1, 0.15) is 11.1 Å². The fraction of sp³-hybridized carbons (Fsp3) is 0.200. The van der Waals surface area contributed by atoms with Crippen molar-refractivity contribution >= 4 is 30.3 Å². The lowest BCUT2D eigenvalue weighted by molar-refractivity contribution is 1.46. The average Bonchev–Trinajstić information content (AvgIpc) is 2.07. The van der Waals surface area contributed by atoms with Gasteiger partial charge in [-0.2, -0.15) is 12.6 Å². The summed E-state index contributed by atoms with van der Waals surface area (Å²) >= 11 is 9.96. The van der Waals surface area contributed by atoms with Crippen molar-refractivity contribution in [1.29, 1.82) is 0 Å². The molecule has 1 aromatic rings. The van der Waals surface area contributed by atoms with E-state index in [0.29, 0.717) is 0 Å². The standard InChI is InChI=1S/C10H11ClS/c1-8-7-9(3-2-6-12)4-5-10(8)11/h2-5,7,12H,6H2,1H3. The first-order chi connectivity index (χ1) is 5.74. The van der Waals surface area contributed by atoms with E-state index in [1.807, 2.05) is 31.2 Å². The number of aryl methyl sites for hydroxylation is 1. The van der Waals surface area contributed by atoms with Crippen molar-refractivity contribution in [2.75, 3.05) is 5.75 Å². The van der Waals surface area contributed by atoms with Crippen LogP contribution in [-0.2, 0) is 0 Å². The van der Waals surface area contributed by atoms with Gasteiger partial charge in [0.05, 0.1) is 0 Å². The van der Waals surface area contributed by atoms with Crippen LogP contribution in [0.25, 0.3) is 6.08 Å². The van der Waals surface area contributed by atoms with Gasteiger partial charge in [-0.15, -0.1) is 0 Å². The Balaban J connectivity index is 2.89. The summed E-state index contributed by atoms with van der Waals surface area (Å²) < 4.78 is 0. The molecule has 0 saturated carbocycles. The molecule has 0 fully saturated rings. The van der Waals surface area contributed by atoms with Crippen LogP contribution < -0.4 is 0 Å². The molecular weight excluding hydrogens is 188 g/mol. The lowest BCUT2D eigenvalue weighted by Gasteiger charge is -1.98. The minimum absolute atomic E-state index is 0.766. The van der Waals surface area contributed by atoms with Gasteiger partial charge in [0.2, 0.25) is 0 Å². The SMILES string of the molecule is Cc1cc(C=CCS)ccc1Cl. The first-order valence-electron chi connectivity index (χ1n) is 3.77. The van der Waals surface area contributed by atoms with Crippen molar-refractivity contribution in [2.45, 2.75) is 6.92 Å². The lowest BCUT2D eigenvalue weighted by Crippen LogP contribution is -1.77. The number of hydrogen-bond donors (Lipinski definition) is 1. The van der Waals surface area contributed by atoms with Crippen molar-refractivity contribution in [3.63, 3.8) is 0 Å². The summed E-state index contributed by atoms with van der Waals surface area (Å²) in [6.45, 7) is 2.00. The van der Waals surface area contributed by atoms with Gasteiger partial charge in [-0.25, -0.2) is 0 Å². The van der Waals surface area contributed by atoms with E-state index in [4.69, 9.17) is 11.6 Å². The third-order valence-corrected chi connectivity index (χ3v) is 2.23. The van der Waals surface area contributed by atoms with Crippen LogP contribution in [0, 0.1) is 6.92 Å². The van der Waals surface area contributed by atoms with Crippen LogP contribution in [0.5, 0.6) is 0 Å². The van der Waals surface area contributed by atoms with Gasteiger partial charge in [0.1, 0.15) is 0 Å². The van der Waals surface area contributed by atoms with Crippen molar-refractivity contribution in [1.82, 2.24) is 0 Å². The summed E-state index contributed by atoms with van der Waals surface area (Å²) in [5.74, 6) is 0.766. The summed E-state index contributed by atoms with van der Waals surface area (Å²) in [6, 6.07) is 5.96. The van der Waals surface area contributed by atoms with E-state index in [1.165, 1.54) is 5.56 Å². The predicted octanol–water partition coefficient (Wildman–Crippen LogP) is 3.59. The van der Waals surface area contributed by atoms with Crippen LogP contribution in [0.3, 0.4) is 0 Å². The molecule has 0 spiro atoms. The van der Waals surface area contributed by atoms with Crippen LogP contribution in [0.2, 0.25) is 5.02 Å². The summed E-state index contributed by atoms with van der Waals surface area (Å²) in [5.41, 5.74) is 2.28. The third kappa shape index (κ3) is 2.58. The molecule has 1 rings (SSSR count). The highest BCUT2D eigenvalue weighted by atomic mass is 35.5. The largest absolute Gasteiger partial charge is 0.175 e. The number of thiol groups is 1. The lowest BCUT2D eigenvalue weighted by atomic mass is 10.1. The molecule has 0 heterocycles. The predicted molar refractivity (Wildman–Crippen MR) is 59.1 cm³/mol. The van der Waals surface area contributed by atoms with E-state index in [1.54, 1.807) is 0 Å². The molecule has 12 heavy (non-hydrogen) atoms. The molecule has 1 aromatic carbocycles. The molecule has 0 aliphatic heterocycles. The minimum Gasteiger partial charge on any atom is -0.175 e. The molecule has 0 aromatic heterocycles. The Labute approximate surface area is 83.7 Å². The van der Waals surface area contributed by atoms with E-state index in [-0.39, 0.29) is 0 Å². The fourth-order valence-electron chi connectivity index (χ4n) is 0.960. The molecule has 0 saturated heterocycles. The van der Waals surface area contributed by atoms with Crippen molar-refractivity contribution in [3.8, 4) is 0 Å². The van der Waals surface area contributed by atoms with Crippen LogP contribution in [0.15, 0.2) is 24.3 Å². The maximum absolute atomic E-state index is 5.88. The van der Waals surface area contributed by atoms with Crippen LogP contribution in [-0.4, -0.2) is 5.75 Å². The Kier molecular flexibility index (Phi) is 3.70. The molecule has 0 unspecified atom stereocenters. The second-order valence-corrected chi connectivity index (χ2v) is 3.37. The second-order valence-electron chi connectivity index (χ2n) is 2.59. The maximum atomic E-state index is 5.88. The highest BCUT2D eigenvalue weighted by molar-refractivity contribution is 7.80. The zero-order chi connectivity index (χ0) is 8.97. The monoisotopic (exact) mass is 198 g/mol. The summed E-state index contributed by atoms with van der Waals surface area (Å²) in [6.07, 6.45) is 4.04. The normalized spacial score (nSPS) is 10.9. The smallest absolute Gasteiger partial charge is 0.0435 e. The maximum Gasteiger partial charge on any atom is 0.0435 e. The van der Waals surface area contributed by atoms with E-state index in [9.17, 15) is 0 Å². The Hall–Kier alpha value is -0.400. The van der Waals surface area contributed by atoms with Crippen LogP contribution >= 0.6 is 24.2 Å². The van der Waals surface area contributed by atoms with Gasteiger partial charge in [-0.05, 0) is 24.1 Å². The van der Waals surface area contributed by atoms with E-state index >= 15 is 0 Å². The molecule has 0 amide bonds. The third-order valence-electron chi connectivity index (χ3n) is 1.60. The number of benzene rings is 1.